The molecule has 0 spiro atoms. The van der Waals surface area contributed by atoms with E-state index in [1.807, 2.05) is 6.92 Å². The van der Waals surface area contributed by atoms with Gasteiger partial charge in [0.05, 0.1) is 12.2 Å². The summed E-state index contributed by atoms with van der Waals surface area (Å²) in [6.07, 6.45) is 2.29. The second kappa shape index (κ2) is 8.83. The summed E-state index contributed by atoms with van der Waals surface area (Å²) in [4.78, 5) is 16.5. The minimum Gasteiger partial charge on any atom is -0.441 e. The minimum atomic E-state index is -0.298. The molecule has 0 radical (unpaired) electrons. The van der Waals surface area contributed by atoms with Crippen LogP contribution in [0.2, 0.25) is 0 Å². The van der Waals surface area contributed by atoms with E-state index in [9.17, 15) is 9.18 Å². The number of carbonyl (C=O) groups excluding carboxylic acids is 1. The van der Waals surface area contributed by atoms with Crippen LogP contribution in [0.25, 0.3) is 11.3 Å². The van der Waals surface area contributed by atoms with Crippen LogP contribution in [0, 0.1) is 5.82 Å². The summed E-state index contributed by atoms with van der Waals surface area (Å²) in [6.45, 7) is 6.29. The Bertz CT molecular complexity index is 915. The quantitative estimate of drug-likeness (QED) is 0.596. The van der Waals surface area contributed by atoms with Gasteiger partial charge in [0, 0.05) is 18.4 Å². The molecule has 0 bridgehead atoms. The lowest BCUT2D eigenvalue weighted by Crippen LogP contribution is -2.26. The second-order valence-electron chi connectivity index (χ2n) is 7.24. The Balaban J connectivity index is 1.52. The molecule has 1 amide bonds. The van der Waals surface area contributed by atoms with Gasteiger partial charge < -0.3 is 9.73 Å². The maximum absolute atomic E-state index is 13.0. The third-order valence-electron chi connectivity index (χ3n) is 4.73. The van der Waals surface area contributed by atoms with Crippen molar-refractivity contribution in [2.75, 3.05) is 0 Å². The predicted octanol–water partition coefficient (Wildman–Crippen LogP) is 5.41. The van der Waals surface area contributed by atoms with Gasteiger partial charge in [0.15, 0.2) is 11.7 Å². The van der Waals surface area contributed by atoms with Crippen LogP contribution in [-0.4, -0.2) is 10.9 Å². The van der Waals surface area contributed by atoms with Crippen molar-refractivity contribution in [1.29, 1.82) is 0 Å². The summed E-state index contributed by atoms with van der Waals surface area (Å²) in [5.74, 6) is 1.19. The van der Waals surface area contributed by atoms with Crippen LogP contribution in [0.1, 0.15) is 56.2 Å². The molecule has 1 aromatic heterocycles. The van der Waals surface area contributed by atoms with Crippen molar-refractivity contribution in [2.24, 2.45) is 0 Å². The Kier molecular flexibility index (Phi) is 6.24. The number of carbonyl (C=O) groups is 1. The van der Waals surface area contributed by atoms with Crippen molar-refractivity contribution in [1.82, 2.24) is 10.3 Å². The number of oxazole rings is 1. The van der Waals surface area contributed by atoms with E-state index in [4.69, 9.17) is 4.42 Å². The average Bonchev–Trinajstić information content (AvgIpc) is 3.16. The van der Waals surface area contributed by atoms with Gasteiger partial charge in [-0.2, -0.15) is 0 Å². The highest BCUT2D eigenvalue weighted by molar-refractivity contribution is 5.76. The number of amides is 1. The van der Waals surface area contributed by atoms with E-state index in [2.05, 4.69) is 48.4 Å². The predicted molar refractivity (Wildman–Crippen MR) is 107 cm³/mol. The molecule has 0 saturated heterocycles. The van der Waals surface area contributed by atoms with Crippen LogP contribution in [0.15, 0.2) is 59.1 Å². The molecule has 0 saturated carbocycles. The number of benzene rings is 2. The van der Waals surface area contributed by atoms with Crippen LogP contribution in [0.3, 0.4) is 0 Å². The molecular weight excluding hydrogens is 355 g/mol. The first-order valence-electron chi connectivity index (χ1n) is 9.52. The third kappa shape index (κ3) is 5.06. The highest BCUT2D eigenvalue weighted by Gasteiger charge is 2.12. The molecule has 0 aliphatic carbocycles. The summed E-state index contributed by atoms with van der Waals surface area (Å²) in [5, 5.41) is 3.01. The van der Waals surface area contributed by atoms with Crippen molar-refractivity contribution >= 4 is 5.91 Å². The van der Waals surface area contributed by atoms with E-state index in [1.54, 1.807) is 18.3 Å². The number of hydrogen-bond acceptors (Lipinski definition) is 3. The maximum Gasteiger partial charge on any atom is 0.220 e. The Morgan fingerprint density at radius 3 is 2.32 bits per heavy atom. The molecule has 1 N–H and O–H groups in total. The van der Waals surface area contributed by atoms with Gasteiger partial charge in [-0.15, -0.1) is 0 Å². The van der Waals surface area contributed by atoms with Gasteiger partial charge in [-0.1, -0.05) is 38.1 Å². The Hall–Kier alpha value is -2.95. The molecule has 4 nitrogen and oxygen atoms in total. The van der Waals surface area contributed by atoms with E-state index in [-0.39, 0.29) is 24.2 Å². The number of hydrogen-bond donors (Lipinski definition) is 1. The average molecular weight is 380 g/mol. The topological polar surface area (TPSA) is 55.1 Å². The molecule has 0 fully saturated rings. The van der Waals surface area contributed by atoms with E-state index >= 15 is 0 Å². The maximum atomic E-state index is 13.0. The first-order valence-corrected chi connectivity index (χ1v) is 9.52. The molecule has 1 unspecified atom stereocenters. The van der Waals surface area contributed by atoms with Gasteiger partial charge >= 0.3 is 0 Å². The molecule has 5 heteroatoms. The monoisotopic (exact) mass is 380 g/mol. The lowest BCUT2D eigenvalue weighted by molar-refractivity contribution is -0.121. The number of rotatable bonds is 7. The van der Waals surface area contributed by atoms with Gasteiger partial charge in [-0.3, -0.25) is 4.79 Å². The van der Waals surface area contributed by atoms with Crippen LogP contribution in [0.5, 0.6) is 0 Å². The molecule has 1 atom stereocenters. The number of nitrogens with one attached hydrogen (secondary N) is 1. The number of halogens is 1. The lowest BCUT2D eigenvalue weighted by Gasteiger charge is -2.15. The SMILES string of the molecule is CC(C)c1ccc(C(C)NC(=O)CCc2ncc(-c3ccc(F)cc3)o2)cc1. The van der Waals surface area contributed by atoms with Gasteiger partial charge in [0.25, 0.3) is 0 Å². The summed E-state index contributed by atoms with van der Waals surface area (Å²) >= 11 is 0. The summed E-state index contributed by atoms with van der Waals surface area (Å²) in [6, 6.07) is 14.3. The normalized spacial score (nSPS) is 12.2. The fourth-order valence-electron chi connectivity index (χ4n) is 2.96. The van der Waals surface area contributed by atoms with Gasteiger partial charge in [0.2, 0.25) is 5.91 Å². The van der Waals surface area contributed by atoms with Crippen molar-refractivity contribution in [3.05, 3.63) is 77.6 Å². The van der Waals surface area contributed by atoms with Crippen LogP contribution in [-0.2, 0) is 11.2 Å². The zero-order valence-corrected chi connectivity index (χ0v) is 16.4. The van der Waals surface area contributed by atoms with E-state index < -0.39 is 0 Å². The third-order valence-corrected chi connectivity index (χ3v) is 4.73. The Labute approximate surface area is 164 Å². The summed E-state index contributed by atoms with van der Waals surface area (Å²) in [5.41, 5.74) is 3.11. The lowest BCUT2D eigenvalue weighted by atomic mass is 9.99. The van der Waals surface area contributed by atoms with Crippen molar-refractivity contribution < 1.29 is 13.6 Å². The zero-order valence-electron chi connectivity index (χ0n) is 16.4. The van der Waals surface area contributed by atoms with E-state index in [1.165, 1.54) is 17.7 Å². The Morgan fingerprint density at radius 2 is 1.68 bits per heavy atom. The Morgan fingerprint density at radius 1 is 1.04 bits per heavy atom. The van der Waals surface area contributed by atoms with Crippen LogP contribution < -0.4 is 5.32 Å². The first kappa shape index (κ1) is 19.8. The van der Waals surface area contributed by atoms with Gasteiger partial charge in [-0.25, -0.2) is 9.37 Å². The first-order chi connectivity index (χ1) is 13.4. The molecule has 28 heavy (non-hydrogen) atoms. The molecule has 146 valence electrons. The zero-order chi connectivity index (χ0) is 20.1. The molecule has 3 rings (SSSR count). The van der Waals surface area contributed by atoms with E-state index in [0.717, 1.165) is 11.1 Å². The fraction of sp³-hybridized carbons (Fsp3) is 0.304. The number of nitrogens with zero attached hydrogens (tertiary/aromatic N) is 1. The molecular formula is C23H25FN2O2. The van der Waals surface area contributed by atoms with Crippen LogP contribution in [0.4, 0.5) is 4.39 Å². The molecule has 3 aromatic rings. The molecule has 2 aromatic carbocycles. The standard InChI is InChI=1S/C23H25FN2O2/c1-15(2)17-4-6-18(7-5-17)16(3)26-22(27)12-13-23-25-14-21(28-23)19-8-10-20(24)11-9-19/h4-11,14-16H,12-13H2,1-3H3,(H,26,27). The molecule has 1 heterocycles. The second-order valence-corrected chi connectivity index (χ2v) is 7.24. The highest BCUT2D eigenvalue weighted by atomic mass is 19.1. The fourth-order valence-corrected chi connectivity index (χ4v) is 2.96. The largest absolute Gasteiger partial charge is 0.441 e. The molecule has 0 aliphatic rings. The smallest absolute Gasteiger partial charge is 0.220 e. The number of aromatic nitrogens is 1. The minimum absolute atomic E-state index is 0.0537. The summed E-state index contributed by atoms with van der Waals surface area (Å²) < 4.78 is 18.7. The van der Waals surface area contributed by atoms with Crippen molar-refractivity contribution in [3.8, 4) is 11.3 Å². The van der Waals surface area contributed by atoms with Gasteiger partial charge in [-0.05, 0) is 48.2 Å². The van der Waals surface area contributed by atoms with Gasteiger partial charge in [0.1, 0.15) is 5.82 Å². The van der Waals surface area contributed by atoms with Crippen molar-refractivity contribution in [3.63, 3.8) is 0 Å². The van der Waals surface area contributed by atoms with Crippen LogP contribution >= 0.6 is 0 Å². The molecule has 0 aliphatic heterocycles. The summed E-state index contributed by atoms with van der Waals surface area (Å²) in [7, 11) is 0. The number of aryl methyl sites for hydroxylation is 1. The van der Waals surface area contributed by atoms with Crippen molar-refractivity contribution in [2.45, 2.75) is 45.6 Å². The highest BCUT2D eigenvalue weighted by Crippen LogP contribution is 2.22. The van der Waals surface area contributed by atoms with E-state index in [0.29, 0.717) is 24.0 Å².